The Bertz CT molecular complexity index is 1230. The number of nitrogens with one attached hydrogen (secondary N) is 1. The van der Waals surface area contributed by atoms with Crippen molar-refractivity contribution in [3.05, 3.63) is 42.2 Å². The van der Waals surface area contributed by atoms with E-state index in [1.165, 1.54) is 11.8 Å². The Hall–Kier alpha value is -3.02. The normalized spacial score (nSPS) is 13.8. The van der Waals surface area contributed by atoms with Gasteiger partial charge in [0.1, 0.15) is 5.03 Å². The zero-order chi connectivity index (χ0) is 21.2. The second-order valence-electron chi connectivity index (χ2n) is 7.26. The van der Waals surface area contributed by atoms with Crippen molar-refractivity contribution in [2.45, 2.75) is 29.6 Å². The number of carbonyl (C=O) groups is 1. The first kappa shape index (κ1) is 19.9. The fourth-order valence-electron chi connectivity index (χ4n) is 3.05. The van der Waals surface area contributed by atoms with Crippen LogP contribution in [0.2, 0.25) is 0 Å². The highest BCUT2D eigenvalue weighted by Crippen LogP contribution is 2.30. The molecule has 10 nitrogen and oxygen atoms in total. The van der Waals surface area contributed by atoms with Gasteiger partial charge in [-0.25, -0.2) is 9.50 Å². The number of rotatable bonds is 9. The molecule has 4 heterocycles. The monoisotopic (exact) mass is 439 g/mol. The molecule has 0 aliphatic heterocycles. The predicted molar refractivity (Wildman–Crippen MR) is 113 cm³/mol. The lowest BCUT2D eigenvalue weighted by Gasteiger charge is -2.05. The summed E-state index contributed by atoms with van der Waals surface area (Å²) in [6.45, 7) is 1.58. The van der Waals surface area contributed by atoms with Crippen molar-refractivity contribution in [2.24, 2.45) is 5.92 Å². The van der Waals surface area contributed by atoms with E-state index in [0.29, 0.717) is 36.4 Å². The van der Waals surface area contributed by atoms with Gasteiger partial charge in [-0.05, 0) is 48.4 Å². The van der Waals surface area contributed by atoms with E-state index in [1.807, 2.05) is 34.9 Å². The fourth-order valence-corrected chi connectivity index (χ4v) is 3.83. The summed E-state index contributed by atoms with van der Waals surface area (Å²) in [6, 6.07) is 7.62. The number of fused-ring (bicyclic) bond motifs is 2. The number of imidazole rings is 1. The van der Waals surface area contributed by atoms with Crippen LogP contribution in [0.5, 0.6) is 0 Å². The molecule has 1 aliphatic rings. The molecule has 0 saturated heterocycles. The van der Waals surface area contributed by atoms with Crippen molar-refractivity contribution >= 4 is 34.8 Å². The van der Waals surface area contributed by atoms with Gasteiger partial charge in [0.25, 0.3) is 0 Å². The van der Waals surface area contributed by atoms with E-state index in [2.05, 4.69) is 25.6 Å². The second kappa shape index (κ2) is 8.61. The first-order valence-electron chi connectivity index (χ1n) is 9.95. The van der Waals surface area contributed by atoms with Crippen LogP contribution in [0.4, 0.5) is 5.82 Å². The summed E-state index contributed by atoms with van der Waals surface area (Å²) >= 11 is 1.40. The lowest BCUT2D eigenvalue weighted by Crippen LogP contribution is -2.13. The quantitative estimate of drug-likeness (QED) is 0.396. The summed E-state index contributed by atoms with van der Waals surface area (Å²) in [4.78, 5) is 16.4. The lowest BCUT2D eigenvalue weighted by molar-refractivity contribution is -0.117. The molecule has 1 fully saturated rings. The highest BCUT2D eigenvalue weighted by molar-refractivity contribution is 7.99. The summed E-state index contributed by atoms with van der Waals surface area (Å²) in [5.74, 6) is 0.660. The third-order valence-corrected chi connectivity index (χ3v) is 5.71. The minimum absolute atomic E-state index is 0.0231. The van der Waals surface area contributed by atoms with Crippen LogP contribution >= 0.6 is 11.8 Å². The summed E-state index contributed by atoms with van der Waals surface area (Å²) < 4.78 is 14.2. The molecular weight excluding hydrogens is 418 g/mol. The zero-order valence-electron chi connectivity index (χ0n) is 16.9. The Morgan fingerprint density at radius 3 is 2.87 bits per heavy atom. The Kier molecular flexibility index (Phi) is 5.53. The van der Waals surface area contributed by atoms with E-state index in [0.717, 1.165) is 29.1 Å². The van der Waals surface area contributed by atoms with Crippen molar-refractivity contribution in [3.8, 4) is 0 Å². The molecule has 0 radical (unpaired) electrons. The molecule has 5 rings (SSSR count). The summed E-state index contributed by atoms with van der Waals surface area (Å²) in [7, 11) is 1.65. The summed E-state index contributed by atoms with van der Waals surface area (Å²) in [5.41, 5.74) is 2.42. The first-order valence-corrected chi connectivity index (χ1v) is 10.8. The minimum atomic E-state index is 0.0231. The molecule has 0 atom stereocenters. The third-order valence-electron chi connectivity index (χ3n) is 4.82. The highest BCUT2D eigenvalue weighted by Gasteiger charge is 2.30. The molecule has 11 heteroatoms. The number of aromatic nitrogens is 6. The average molecular weight is 440 g/mol. The van der Waals surface area contributed by atoms with Crippen molar-refractivity contribution < 1.29 is 14.3 Å². The van der Waals surface area contributed by atoms with E-state index in [-0.39, 0.29) is 11.8 Å². The molecule has 1 aliphatic carbocycles. The number of pyridine rings is 1. The number of amides is 1. The van der Waals surface area contributed by atoms with Gasteiger partial charge in [0, 0.05) is 19.2 Å². The molecule has 0 aromatic carbocycles. The largest absolute Gasteiger partial charge is 0.382 e. The zero-order valence-corrected chi connectivity index (χ0v) is 17.7. The smallest absolute Gasteiger partial charge is 0.228 e. The van der Waals surface area contributed by atoms with Gasteiger partial charge >= 0.3 is 0 Å². The van der Waals surface area contributed by atoms with Crippen LogP contribution in [0.15, 0.2) is 46.8 Å². The molecule has 1 N–H and O–H groups in total. The van der Waals surface area contributed by atoms with E-state index in [1.54, 1.807) is 17.8 Å². The number of nitrogens with zero attached hydrogens (tertiary/aromatic N) is 6. The van der Waals surface area contributed by atoms with Gasteiger partial charge in [-0.1, -0.05) is 6.07 Å². The minimum Gasteiger partial charge on any atom is -0.382 e. The Balaban J connectivity index is 1.32. The van der Waals surface area contributed by atoms with Crippen LogP contribution in [-0.4, -0.2) is 55.4 Å². The van der Waals surface area contributed by atoms with Crippen LogP contribution in [0, 0.1) is 5.92 Å². The number of hydrogen-bond donors (Lipinski definition) is 1. The molecule has 1 amide bonds. The van der Waals surface area contributed by atoms with Crippen molar-refractivity contribution in [3.63, 3.8) is 0 Å². The second-order valence-corrected chi connectivity index (χ2v) is 8.25. The molecule has 160 valence electrons. The van der Waals surface area contributed by atoms with Gasteiger partial charge in [0.15, 0.2) is 17.1 Å². The van der Waals surface area contributed by atoms with Gasteiger partial charge in [0.2, 0.25) is 11.1 Å². The third kappa shape index (κ3) is 4.53. The van der Waals surface area contributed by atoms with Crippen LogP contribution in [0.1, 0.15) is 18.4 Å². The fraction of sp³-hybridized carbons (Fsp3) is 0.350. The van der Waals surface area contributed by atoms with Gasteiger partial charge in [-0.15, -0.1) is 10.2 Å². The molecule has 4 aromatic heterocycles. The van der Waals surface area contributed by atoms with Crippen LogP contribution in [-0.2, 0) is 20.9 Å². The number of anilines is 1. The average Bonchev–Trinajstić information content (AvgIpc) is 3.45. The summed E-state index contributed by atoms with van der Waals surface area (Å²) in [5, 5.41) is 17.4. The van der Waals surface area contributed by atoms with E-state index < -0.39 is 0 Å². The number of ether oxygens (including phenoxy) is 2. The molecule has 0 unspecified atom stereocenters. The van der Waals surface area contributed by atoms with Gasteiger partial charge in [0.05, 0.1) is 26.0 Å². The van der Waals surface area contributed by atoms with E-state index in [9.17, 15) is 4.79 Å². The number of carbonyl (C=O) groups excluding carboxylic acids is 1. The molecule has 31 heavy (non-hydrogen) atoms. The van der Waals surface area contributed by atoms with Crippen LogP contribution < -0.4 is 5.32 Å². The molecule has 0 spiro atoms. The van der Waals surface area contributed by atoms with E-state index in [4.69, 9.17) is 9.47 Å². The standard InChI is InChI=1S/C20H21N7O3S/c1-29-8-9-30-12-13-2-5-17-23-24-20(26(17)10-13)31-18-7-6-16-21-15(11-27(16)25-18)22-19(28)14-3-4-14/h2,5-7,10-11,14H,3-4,8-9,12H2,1H3,(H,22,28). The SMILES string of the molecule is COCCOCc1ccc2nnc(Sc3ccc4nc(NC(=O)C5CC5)cn4n3)n2c1. The number of hydrogen-bond acceptors (Lipinski definition) is 8. The predicted octanol–water partition coefficient (Wildman–Crippen LogP) is 2.43. The maximum Gasteiger partial charge on any atom is 0.228 e. The van der Waals surface area contributed by atoms with Crippen LogP contribution in [0.3, 0.4) is 0 Å². The molecular formula is C20H21N7O3S. The first-order chi connectivity index (χ1) is 15.2. The van der Waals surface area contributed by atoms with E-state index >= 15 is 0 Å². The maximum absolute atomic E-state index is 12.0. The summed E-state index contributed by atoms with van der Waals surface area (Å²) in [6.07, 6.45) is 5.58. The Morgan fingerprint density at radius 2 is 2.03 bits per heavy atom. The molecule has 1 saturated carbocycles. The van der Waals surface area contributed by atoms with Crippen molar-refractivity contribution in [1.82, 2.24) is 29.2 Å². The number of methoxy groups -OCH3 is 1. The highest BCUT2D eigenvalue weighted by atomic mass is 32.2. The van der Waals surface area contributed by atoms with Crippen molar-refractivity contribution in [2.75, 3.05) is 25.6 Å². The molecule has 0 bridgehead atoms. The van der Waals surface area contributed by atoms with Crippen molar-refractivity contribution in [1.29, 1.82) is 0 Å². The topological polar surface area (TPSA) is 108 Å². The van der Waals surface area contributed by atoms with Crippen LogP contribution in [0.25, 0.3) is 11.3 Å². The Morgan fingerprint density at radius 1 is 1.16 bits per heavy atom. The molecule has 4 aromatic rings. The lowest BCUT2D eigenvalue weighted by atomic mass is 10.3. The van der Waals surface area contributed by atoms with Gasteiger partial charge in [-0.3, -0.25) is 9.20 Å². The maximum atomic E-state index is 12.0. The Labute approximate surface area is 182 Å². The van der Waals surface area contributed by atoms with Gasteiger partial charge in [-0.2, -0.15) is 5.10 Å². The van der Waals surface area contributed by atoms with Gasteiger partial charge < -0.3 is 14.8 Å².